The monoisotopic (exact) mass is 549 g/mol. The van der Waals surface area contributed by atoms with Gasteiger partial charge in [0.2, 0.25) is 5.92 Å². The Morgan fingerprint density at radius 1 is 1.21 bits per heavy atom. The van der Waals surface area contributed by atoms with Crippen molar-refractivity contribution in [3.8, 4) is 5.75 Å². The maximum Gasteiger partial charge on any atom is 0.408 e. The van der Waals surface area contributed by atoms with Crippen molar-refractivity contribution in [2.45, 2.75) is 70.3 Å². The molecule has 1 amide bonds. The number of alkyl halides is 5. The van der Waals surface area contributed by atoms with E-state index in [1.54, 1.807) is 19.2 Å². The Labute approximate surface area is 223 Å². The summed E-state index contributed by atoms with van der Waals surface area (Å²) >= 11 is 0. The van der Waals surface area contributed by atoms with E-state index in [9.17, 15) is 26.7 Å². The lowest BCUT2D eigenvalue weighted by Crippen LogP contribution is -2.53. The number of methoxy groups -OCH3 is 1. The number of carbonyl (C=O) groups excluding carboxylic acids is 1. The molecule has 1 spiro atoms. The van der Waals surface area contributed by atoms with Crippen LogP contribution in [0.25, 0.3) is 10.9 Å². The van der Waals surface area contributed by atoms with Gasteiger partial charge in [0.05, 0.1) is 7.11 Å². The SMILES string of the molecule is COc1cc(C)c2[nH]ccc2c1CN1CCC2(C[C@@H]1c1ccc(C(=O)NC(C)C(F)(F)F)cc1)CC(F)(F)C2. The minimum absolute atomic E-state index is 0.108. The predicted molar refractivity (Wildman–Crippen MR) is 138 cm³/mol. The molecule has 5 rings (SSSR count). The average Bonchev–Trinajstić information content (AvgIpc) is 3.35. The zero-order valence-electron chi connectivity index (χ0n) is 22.1. The molecule has 1 unspecified atom stereocenters. The fourth-order valence-corrected chi connectivity index (χ4v) is 6.27. The number of aromatic amines is 1. The van der Waals surface area contributed by atoms with E-state index in [0.29, 0.717) is 25.9 Å². The predicted octanol–water partition coefficient (Wildman–Crippen LogP) is 6.92. The molecule has 1 aromatic heterocycles. The fraction of sp³-hybridized carbons (Fsp3) is 0.483. The summed E-state index contributed by atoms with van der Waals surface area (Å²) in [5.74, 6) is -2.72. The first kappa shape index (κ1) is 27.4. The number of nitrogens with one attached hydrogen (secondary N) is 2. The minimum Gasteiger partial charge on any atom is -0.496 e. The Hall–Kier alpha value is -3.14. The topological polar surface area (TPSA) is 57.4 Å². The lowest BCUT2D eigenvalue weighted by Gasteiger charge is -2.54. The summed E-state index contributed by atoms with van der Waals surface area (Å²) in [4.78, 5) is 17.9. The Kier molecular flexibility index (Phi) is 6.89. The Bertz CT molecular complexity index is 1360. The van der Waals surface area contributed by atoms with Crippen LogP contribution < -0.4 is 10.1 Å². The van der Waals surface area contributed by atoms with Gasteiger partial charge in [-0.2, -0.15) is 13.2 Å². The third kappa shape index (κ3) is 5.35. The molecule has 2 fully saturated rings. The van der Waals surface area contributed by atoms with E-state index in [4.69, 9.17) is 4.74 Å². The highest BCUT2D eigenvalue weighted by molar-refractivity contribution is 5.94. The van der Waals surface area contributed by atoms with E-state index in [2.05, 4.69) is 9.88 Å². The van der Waals surface area contributed by atoms with Crippen molar-refractivity contribution >= 4 is 16.8 Å². The molecule has 1 aliphatic carbocycles. The molecule has 1 saturated carbocycles. The Balaban J connectivity index is 1.43. The highest BCUT2D eigenvalue weighted by Gasteiger charge is 2.58. The van der Waals surface area contributed by atoms with Gasteiger partial charge in [-0.15, -0.1) is 0 Å². The first-order chi connectivity index (χ1) is 18.3. The van der Waals surface area contributed by atoms with Gasteiger partial charge in [-0.25, -0.2) is 8.78 Å². The van der Waals surface area contributed by atoms with Crippen LogP contribution in [-0.4, -0.2) is 47.6 Å². The van der Waals surface area contributed by atoms with Gasteiger partial charge in [-0.3, -0.25) is 9.69 Å². The van der Waals surface area contributed by atoms with Gasteiger partial charge in [-0.05, 0) is 74.0 Å². The number of benzene rings is 2. The van der Waals surface area contributed by atoms with Crippen LogP contribution in [0, 0.1) is 12.3 Å². The number of hydrogen-bond acceptors (Lipinski definition) is 3. The van der Waals surface area contributed by atoms with Gasteiger partial charge in [0.25, 0.3) is 5.91 Å². The number of H-pyrrole nitrogens is 1. The number of likely N-dealkylation sites (tertiary alicyclic amines) is 1. The average molecular weight is 550 g/mol. The van der Waals surface area contributed by atoms with E-state index in [0.717, 1.165) is 40.3 Å². The molecule has 2 N–H and O–H groups in total. The molecular weight excluding hydrogens is 517 g/mol. The molecule has 10 heteroatoms. The maximum absolute atomic E-state index is 14.0. The lowest BCUT2D eigenvalue weighted by molar-refractivity contribution is -0.186. The summed E-state index contributed by atoms with van der Waals surface area (Å²) in [7, 11) is 1.62. The quantitative estimate of drug-likeness (QED) is 0.328. The molecule has 1 saturated heterocycles. The second kappa shape index (κ2) is 9.80. The van der Waals surface area contributed by atoms with Crippen molar-refractivity contribution in [2.75, 3.05) is 13.7 Å². The first-order valence-electron chi connectivity index (χ1n) is 13.0. The van der Waals surface area contributed by atoms with Crippen molar-refractivity contribution in [2.24, 2.45) is 5.41 Å². The molecule has 1 aliphatic heterocycles. The van der Waals surface area contributed by atoms with Crippen LogP contribution in [0.3, 0.4) is 0 Å². The van der Waals surface area contributed by atoms with E-state index in [1.807, 2.05) is 30.6 Å². The number of piperidine rings is 1. The second-order valence-electron chi connectivity index (χ2n) is 11.1. The van der Waals surface area contributed by atoms with Crippen LogP contribution in [0.1, 0.15) is 65.7 Å². The van der Waals surface area contributed by atoms with Crippen LogP contribution >= 0.6 is 0 Å². The van der Waals surface area contributed by atoms with Gasteiger partial charge >= 0.3 is 6.18 Å². The first-order valence-corrected chi connectivity index (χ1v) is 13.0. The van der Waals surface area contributed by atoms with E-state index < -0.39 is 29.5 Å². The smallest absolute Gasteiger partial charge is 0.408 e. The number of fused-ring (bicyclic) bond motifs is 1. The summed E-state index contributed by atoms with van der Waals surface area (Å²) < 4.78 is 72.4. The number of aromatic nitrogens is 1. The summed E-state index contributed by atoms with van der Waals surface area (Å²) in [6, 6.07) is 8.24. The van der Waals surface area contributed by atoms with Crippen molar-refractivity contribution in [3.63, 3.8) is 0 Å². The third-order valence-electron chi connectivity index (χ3n) is 8.35. The summed E-state index contributed by atoms with van der Waals surface area (Å²) in [5.41, 5.74) is 3.55. The van der Waals surface area contributed by atoms with Crippen molar-refractivity contribution in [1.29, 1.82) is 0 Å². The molecule has 0 bridgehead atoms. The van der Waals surface area contributed by atoms with Crippen molar-refractivity contribution in [1.82, 2.24) is 15.2 Å². The highest BCUT2D eigenvalue weighted by atomic mass is 19.4. The number of carbonyl (C=O) groups is 1. The van der Waals surface area contributed by atoms with E-state index >= 15 is 0 Å². The molecule has 2 atom stereocenters. The number of aryl methyl sites for hydroxylation is 1. The lowest BCUT2D eigenvalue weighted by atomic mass is 9.59. The number of hydrogen-bond donors (Lipinski definition) is 2. The number of amides is 1. The Morgan fingerprint density at radius 3 is 2.51 bits per heavy atom. The normalized spacial score (nSPS) is 21.5. The van der Waals surface area contributed by atoms with Gasteiger partial charge in [-0.1, -0.05) is 12.1 Å². The molecule has 2 aromatic carbocycles. The zero-order valence-corrected chi connectivity index (χ0v) is 22.1. The van der Waals surface area contributed by atoms with E-state index in [-0.39, 0.29) is 24.4 Å². The standard InChI is InChI=1S/C29H32F5N3O2/c1-17-12-24(39-3)22(21-8-10-35-25(17)21)14-37-11-9-27(15-28(30,31)16-27)13-23(37)19-4-6-20(7-5-19)26(38)36-18(2)29(32,33)34/h4-8,10,12,18,23,35H,9,11,13-16H2,1-3H3,(H,36,38)/t18?,23-/m1/s1. The van der Waals surface area contributed by atoms with Crippen LogP contribution in [0.15, 0.2) is 42.6 Å². The second-order valence-corrected chi connectivity index (χ2v) is 11.1. The number of halogens is 5. The van der Waals surface area contributed by atoms with Gasteiger partial charge in [0.1, 0.15) is 11.8 Å². The molecule has 210 valence electrons. The molecule has 2 heterocycles. The minimum atomic E-state index is -4.54. The van der Waals surface area contributed by atoms with Gasteiger partial charge in [0, 0.05) is 53.7 Å². The van der Waals surface area contributed by atoms with E-state index in [1.165, 1.54) is 12.1 Å². The molecule has 3 aromatic rings. The van der Waals surface area contributed by atoms with Crippen LogP contribution in [0.2, 0.25) is 0 Å². The van der Waals surface area contributed by atoms with Crippen LogP contribution in [-0.2, 0) is 6.54 Å². The summed E-state index contributed by atoms with van der Waals surface area (Å²) in [6.07, 6.45) is -1.77. The number of nitrogens with zero attached hydrogens (tertiary/aromatic N) is 1. The van der Waals surface area contributed by atoms with Crippen LogP contribution in [0.5, 0.6) is 5.75 Å². The highest BCUT2D eigenvalue weighted by Crippen LogP contribution is 2.60. The fourth-order valence-electron chi connectivity index (χ4n) is 6.27. The summed E-state index contributed by atoms with van der Waals surface area (Å²) in [5, 5.41) is 3.01. The van der Waals surface area contributed by atoms with Crippen LogP contribution in [0.4, 0.5) is 22.0 Å². The molecular formula is C29H32F5N3O2. The molecule has 5 nitrogen and oxygen atoms in total. The Morgan fingerprint density at radius 2 is 1.90 bits per heavy atom. The molecule has 39 heavy (non-hydrogen) atoms. The maximum atomic E-state index is 14.0. The number of ether oxygens (including phenoxy) is 1. The zero-order chi connectivity index (χ0) is 28.2. The molecule has 0 radical (unpaired) electrons. The van der Waals surface area contributed by atoms with Gasteiger partial charge < -0.3 is 15.0 Å². The molecule has 2 aliphatic rings. The van der Waals surface area contributed by atoms with Crippen molar-refractivity contribution < 1.29 is 31.5 Å². The van der Waals surface area contributed by atoms with Gasteiger partial charge in [0.15, 0.2) is 0 Å². The largest absolute Gasteiger partial charge is 0.496 e. The number of rotatable bonds is 6. The summed E-state index contributed by atoms with van der Waals surface area (Å²) in [6.45, 7) is 4.03. The third-order valence-corrected chi connectivity index (χ3v) is 8.35. The van der Waals surface area contributed by atoms with Crippen molar-refractivity contribution in [3.05, 3.63) is 64.8 Å².